The highest BCUT2D eigenvalue weighted by Gasteiger charge is 2.20. The summed E-state index contributed by atoms with van der Waals surface area (Å²) in [5.74, 6) is 1.75. The topological polar surface area (TPSA) is 37.8 Å². The lowest BCUT2D eigenvalue weighted by Gasteiger charge is -2.23. The maximum atomic E-state index is 6.28. The smallest absolute Gasteiger partial charge is 0.161 e. The molecule has 2 aromatic rings. The van der Waals surface area contributed by atoms with Crippen molar-refractivity contribution in [2.24, 2.45) is 0 Å². The second-order valence-electron chi connectivity index (χ2n) is 8.28. The van der Waals surface area contributed by atoms with Gasteiger partial charge in [0.15, 0.2) is 11.5 Å². The van der Waals surface area contributed by atoms with E-state index >= 15 is 0 Å². The summed E-state index contributed by atoms with van der Waals surface area (Å²) >= 11 is 0. The van der Waals surface area contributed by atoms with Crippen molar-refractivity contribution in [2.75, 3.05) is 33.3 Å². The van der Waals surface area contributed by atoms with E-state index in [2.05, 4.69) is 39.0 Å². The van der Waals surface area contributed by atoms with Gasteiger partial charge in [-0.05, 0) is 74.5 Å². The summed E-state index contributed by atoms with van der Waals surface area (Å²) in [6.07, 6.45) is 10.2. The van der Waals surface area contributed by atoms with Crippen molar-refractivity contribution >= 4 is 0 Å². The van der Waals surface area contributed by atoms with Gasteiger partial charge in [-0.1, -0.05) is 12.1 Å². The molecule has 2 fully saturated rings. The van der Waals surface area contributed by atoms with Gasteiger partial charge in [0.1, 0.15) is 0 Å². The van der Waals surface area contributed by atoms with E-state index in [1.807, 2.05) is 18.5 Å². The normalized spacial score (nSPS) is 19.2. The van der Waals surface area contributed by atoms with Crippen LogP contribution in [0.5, 0.6) is 11.5 Å². The molecule has 0 bridgehead atoms. The van der Waals surface area contributed by atoms with E-state index in [1.165, 1.54) is 30.4 Å². The Hall–Kier alpha value is -2.11. The fourth-order valence-electron chi connectivity index (χ4n) is 4.45. The van der Waals surface area contributed by atoms with Crippen LogP contribution in [0.4, 0.5) is 0 Å². The van der Waals surface area contributed by atoms with E-state index in [4.69, 9.17) is 9.47 Å². The van der Waals surface area contributed by atoms with E-state index in [0.717, 1.165) is 63.6 Å². The van der Waals surface area contributed by atoms with Gasteiger partial charge < -0.3 is 9.47 Å². The number of hydrogen-bond acceptors (Lipinski definition) is 5. The summed E-state index contributed by atoms with van der Waals surface area (Å²) < 4.78 is 11.8. The Balaban J connectivity index is 1.34. The number of rotatable bonds is 7. The molecule has 1 aliphatic carbocycles. The molecule has 2 aliphatic rings. The van der Waals surface area contributed by atoms with Crippen LogP contribution in [0.2, 0.25) is 0 Å². The average Bonchev–Trinajstić information content (AvgIpc) is 3.16. The van der Waals surface area contributed by atoms with Crippen LogP contribution in [0.1, 0.15) is 43.2 Å². The lowest BCUT2D eigenvalue weighted by Crippen LogP contribution is -2.30. The molecule has 2 heterocycles. The Morgan fingerprint density at radius 3 is 2.34 bits per heavy atom. The number of ether oxygens (including phenoxy) is 2. The summed E-state index contributed by atoms with van der Waals surface area (Å²) in [6, 6.07) is 10.6. The molecule has 1 aromatic heterocycles. The lowest BCUT2D eigenvalue weighted by molar-refractivity contribution is 0.200. The van der Waals surface area contributed by atoms with Gasteiger partial charge in [0, 0.05) is 38.6 Å². The molecule has 0 radical (unpaired) electrons. The van der Waals surface area contributed by atoms with Crippen LogP contribution in [-0.2, 0) is 13.1 Å². The summed E-state index contributed by atoms with van der Waals surface area (Å²) in [5.41, 5.74) is 2.60. The second-order valence-corrected chi connectivity index (χ2v) is 8.28. The number of aromatic nitrogens is 1. The highest BCUT2D eigenvalue weighted by atomic mass is 16.5. The number of pyridine rings is 1. The minimum Gasteiger partial charge on any atom is -0.493 e. The average molecular weight is 396 g/mol. The standard InChI is InChI=1S/C24H33N3O2/c1-28-23-10-9-20(16-24(23)29-22-7-2-3-8-22)18-26-12-5-13-27(15-14-26)19-21-6-4-11-25-17-21/h4,6,9-11,16-17,22H,2-3,5,7-8,12-15,18-19H2,1H3. The zero-order chi connectivity index (χ0) is 19.9. The molecule has 0 unspecified atom stereocenters. The van der Waals surface area contributed by atoms with E-state index in [-0.39, 0.29) is 0 Å². The van der Waals surface area contributed by atoms with Crippen molar-refractivity contribution < 1.29 is 9.47 Å². The summed E-state index contributed by atoms with van der Waals surface area (Å²) in [6.45, 7) is 6.41. The van der Waals surface area contributed by atoms with E-state index in [0.29, 0.717) is 6.10 Å². The SMILES string of the molecule is COc1ccc(CN2CCCN(Cc3cccnc3)CC2)cc1OC1CCCC1. The fourth-order valence-corrected chi connectivity index (χ4v) is 4.45. The van der Waals surface area contributed by atoms with Gasteiger partial charge in [-0.2, -0.15) is 0 Å². The summed E-state index contributed by atoms with van der Waals surface area (Å²) in [7, 11) is 1.72. The number of nitrogens with zero attached hydrogens (tertiary/aromatic N) is 3. The van der Waals surface area contributed by atoms with Crippen LogP contribution < -0.4 is 9.47 Å². The van der Waals surface area contributed by atoms with Gasteiger partial charge in [-0.15, -0.1) is 0 Å². The molecule has 29 heavy (non-hydrogen) atoms. The minimum absolute atomic E-state index is 0.346. The summed E-state index contributed by atoms with van der Waals surface area (Å²) in [5, 5.41) is 0. The summed E-state index contributed by atoms with van der Waals surface area (Å²) in [4.78, 5) is 9.35. The number of methoxy groups -OCH3 is 1. The monoisotopic (exact) mass is 395 g/mol. The van der Waals surface area contributed by atoms with Crippen LogP contribution in [0.15, 0.2) is 42.7 Å². The molecule has 1 aliphatic heterocycles. The van der Waals surface area contributed by atoms with E-state index < -0.39 is 0 Å². The van der Waals surface area contributed by atoms with Crippen LogP contribution in [0.3, 0.4) is 0 Å². The first-order valence-corrected chi connectivity index (χ1v) is 11.0. The highest BCUT2D eigenvalue weighted by Crippen LogP contribution is 2.32. The third-order valence-corrected chi connectivity index (χ3v) is 6.04. The van der Waals surface area contributed by atoms with Gasteiger partial charge in [-0.25, -0.2) is 0 Å². The van der Waals surface area contributed by atoms with Gasteiger partial charge in [0.2, 0.25) is 0 Å². The minimum atomic E-state index is 0.346. The molecule has 1 saturated heterocycles. The molecule has 4 rings (SSSR count). The quantitative estimate of drug-likeness (QED) is 0.705. The number of benzene rings is 1. The van der Waals surface area contributed by atoms with Crippen LogP contribution in [0.25, 0.3) is 0 Å². The largest absolute Gasteiger partial charge is 0.493 e. The van der Waals surface area contributed by atoms with E-state index in [1.54, 1.807) is 7.11 Å². The second kappa shape index (κ2) is 10.1. The van der Waals surface area contributed by atoms with Crippen LogP contribution in [-0.4, -0.2) is 54.2 Å². The van der Waals surface area contributed by atoms with Crippen LogP contribution >= 0.6 is 0 Å². The molecule has 0 amide bonds. The third kappa shape index (κ3) is 5.71. The molecule has 0 atom stereocenters. The number of hydrogen-bond donors (Lipinski definition) is 0. The van der Waals surface area contributed by atoms with Crippen molar-refractivity contribution in [3.8, 4) is 11.5 Å². The van der Waals surface area contributed by atoms with Crippen molar-refractivity contribution in [3.05, 3.63) is 53.9 Å². The Morgan fingerprint density at radius 2 is 1.66 bits per heavy atom. The maximum Gasteiger partial charge on any atom is 0.161 e. The Labute approximate surface area is 174 Å². The first kappa shape index (κ1) is 20.2. The molecular weight excluding hydrogens is 362 g/mol. The molecule has 0 spiro atoms. The first-order chi connectivity index (χ1) is 14.3. The third-order valence-electron chi connectivity index (χ3n) is 6.04. The molecule has 0 N–H and O–H groups in total. The molecule has 5 nitrogen and oxygen atoms in total. The van der Waals surface area contributed by atoms with Crippen molar-refractivity contribution in [3.63, 3.8) is 0 Å². The Bertz CT molecular complexity index is 762. The molecule has 1 aromatic carbocycles. The van der Waals surface area contributed by atoms with Crippen molar-refractivity contribution in [1.29, 1.82) is 0 Å². The van der Waals surface area contributed by atoms with Gasteiger partial charge in [0.25, 0.3) is 0 Å². The molecule has 1 saturated carbocycles. The zero-order valence-electron chi connectivity index (χ0n) is 17.6. The molecule has 5 heteroatoms. The van der Waals surface area contributed by atoms with Gasteiger partial charge in [0.05, 0.1) is 13.2 Å². The molecular formula is C24H33N3O2. The Morgan fingerprint density at radius 1 is 0.897 bits per heavy atom. The highest BCUT2D eigenvalue weighted by molar-refractivity contribution is 5.43. The predicted molar refractivity (Wildman–Crippen MR) is 115 cm³/mol. The zero-order valence-corrected chi connectivity index (χ0v) is 17.6. The Kier molecular flexibility index (Phi) is 7.01. The maximum absolute atomic E-state index is 6.28. The predicted octanol–water partition coefficient (Wildman–Crippen LogP) is 4.12. The van der Waals surface area contributed by atoms with Crippen molar-refractivity contribution in [1.82, 2.24) is 14.8 Å². The van der Waals surface area contributed by atoms with Gasteiger partial charge >= 0.3 is 0 Å². The lowest BCUT2D eigenvalue weighted by atomic mass is 10.1. The molecule has 156 valence electrons. The van der Waals surface area contributed by atoms with E-state index in [9.17, 15) is 0 Å². The van der Waals surface area contributed by atoms with Crippen molar-refractivity contribution in [2.45, 2.75) is 51.3 Å². The first-order valence-electron chi connectivity index (χ1n) is 11.0. The van der Waals surface area contributed by atoms with Crippen LogP contribution in [0, 0.1) is 0 Å². The van der Waals surface area contributed by atoms with Gasteiger partial charge in [-0.3, -0.25) is 14.8 Å². The fraction of sp³-hybridized carbons (Fsp3) is 0.542.